The summed E-state index contributed by atoms with van der Waals surface area (Å²) >= 11 is 0. The van der Waals surface area contributed by atoms with E-state index in [0.29, 0.717) is 17.8 Å². The van der Waals surface area contributed by atoms with Crippen LogP contribution in [0.1, 0.15) is 67.4 Å². The summed E-state index contributed by atoms with van der Waals surface area (Å²) in [5, 5.41) is 4.56. The Morgan fingerprint density at radius 3 is 2.43 bits per heavy atom. The molecule has 4 rings (SSSR count). The Morgan fingerprint density at radius 1 is 1.24 bits per heavy atom. The molecule has 0 bridgehead atoms. The number of aromatic nitrogens is 2. The van der Waals surface area contributed by atoms with Gasteiger partial charge in [0.15, 0.2) is 5.69 Å². The lowest BCUT2D eigenvalue weighted by Crippen LogP contribution is -2.36. The third-order valence-electron chi connectivity index (χ3n) is 4.82. The lowest BCUT2D eigenvalue weighted by molar-refractivity contribution is -0.00906. The number of fused-ring (bicyclic) bond motifs is 1. The zero-order valence-electron chi connectivity index (χ0n) is 13.0. The highest BCUT2D eigenvalue weighted by molar-refractivity contribution is 5.95. The van der Waals surface area contributed by atoms with Crippen molar-refractivity contribution in [3.63, 3.8) is 0 Å². The molecule has 1 aromatic rings. The summed E-state index contributed by atoms with van der Waals surface area (Å²) in [6.45, 7) is 4.12. The summed E-state index contributed by atoms with van der Waals surface area (Å²) in [5.74, 6) is 0.151. The Bertz CT molecular complexity index is 575. The molecule has 0 radical (unpaired) electrons. The van der Waals surface area contributed by atoms with Gasteiger partial charge in [-0.3, -0.25) is 9.48 Å². The number of rotatable bonds is 3. The van der Waals surface area contributed by atoms with Crippen molar-refractivity contribution in [3.8, 4) is 0 Å². The van der Waals surface area contributed by atoms with E-state index in [1.165, 1.54) is 0 Å². The van der Waals surface area contributed by atoms with E-state index in [-0.39, 0.29) is 18.1 Å². The van der Waals surface area contributed by atoms with Crippen LogP contribution in [0.2, 0.25) is 0 Å². The van der Waals surface area contributed by atoms with E-state index in [0.717, 1.165) is 43.4 Å². The minimum Gasteiger partial charge on any atom is -0.369 e. The van der Waals surface area contributed by atoms with E-state index < -0.39 is 0 Å². The maximum Gasteiger partial charge on any atom is 0.275 e. The van der Waals surface area contributed by atoms with Gasteiger partial charge in [-0.2, -0.15) is 5.10 Å². The largest absolute Gasteiger partial charge is 0.369 e. The Labute approximate surface area is 125 Å². The van der Waals surface area contributed by atoms with Gasteiger partial charge in [-0.1, -0.05) is 0 Å². The second kappa shape index (κ2) is 4.57. The van der Waals surface area contributed by atoms with E-state index in [1.54, 1.807) is 0 Å². The number of hydrogen-bond acceptors (Lipinski definition) is 3. The van der Waals surface area contributed by atoms with Gasteiger partial charge in [0, 0.05) is 31.1 Å². The fraction of sp³-hybridized carbons (Fsp3) is 0.750. The van der Waals surface area contributed by atoms with Gasteiger partial charge in [0.25, 0.3) is 5.91 Å². The first kappa shape index (κ1) is 13.3. The quantitative estimate of drug-likeness (QED) is 0.857. The van der Waals surface area contributed by atoms with Crippen molar-refractivity contribution in [2.75, 3.05) is 0 Å². The van der Waals surface area contributed by atoms with Crippen LogP contribution in [0.25, 0.3) is 0 Å². The van der Waals surface area contributed by atoms with Crippen LogP contribution in [0.5, 0.6) is 0 Å². The maximum atomic E-state index is 13.0. The molecule has 2 fully saturated rings. The highest BCUT2D eigenvalue weighted by Crippen LogP contribution is 2.39. The second-order valence-electron chi connectivity index (χ2n) is 6.80. The molecule has 1 aromatic heterocycles. The van der Waals surface area contributed by atoms with Crippen LogP contribution in [-0.4, -0.2) is 38.8 Å². The zero-order valence-corrected chi connectivity index (χ0v) is 13.0. The summed E-state index contributed by atoms with van der Waals surface area (Å²) in [5.41, 5.74) is 2.86. The van der Waals surface area contributed by atoms with Gasteiger partial charge < -0.3 is 9.64 Å². The fourth-order valence-electron chi connectivity index (χ4n) is 3.67. The average Bonchev–Trinajstić information content (AvgIpc) is 3.30. The molecule has 0 unspecified atom stereocenters. The van der Waals surface area contributed by atoms with Crippen LogP contribution < -0.4 is 0 Å². The molecule has 0 spiro atoms. The lowest BCUT2D eigenvalue weighted by Gasteiger charge is -2.27. The van der Waals surface area contributed by atoms with Gasteiger partial charge in [0.1, 0.15) is 0 Å². The molecule has 0 saturated heterocycles. The number of aryl methyl sites for hydroxylation is 1. The van der Waals surface area contributed by atoms with Crippen molar-refractivity contribution in [2.24, 2.45) is 7.05 Å². The Balaban J connectivity index is 1.71. The van der Waals surface area contributed by atoms with Crippen LogP contribution in [-0.2, 0) is 18.2 Å². The second-order valence-corrected chi connectivity index (χ2v) is 6.80. The van der Waals surface area contributed by atoms with E-state index in [1.807, 2.05) is 18.7 Å². The first-order chi connectivity index (χ1) is 10.1. The smallest absolute Gasteiger partial charge is 0.275 e. The summed E-state index contributed by atoms with van der Waals surface area (Å²) in [4.78, 5) is 15.1. The van der Waals surface area contributed by atoms with Gasteiger partial charge in [0.2, 0.25) is 0 Å². The normalized spacial score (nSPS) is 28.3. The minimum absolute atomic E-state index is 0.0121. The lowest BCUT2D eigenvalue weighted by atomic mass is 9.99. The molecule has 5 nitrogen and oxygen atoms in total. The third-order valence-corrected chi connectivity index (χ3v) is 4.82. The number of carbonyl (C=O) groups excluding carboxylic acids is 1. The highest BCUT2D eigenvalue weighted by Gasteiger charge is 2.44. The predicted octanol–water partition coefficient (Wildman–Crippen LogP) is 2.21. The van der Waals surface area contributed by atoms with Crippen LogP contribution in [0, 0.1) is 0 Å². The fourth-order valence-corrected chi connectivity index (χ4v) is 3.67. The Hall–Kier alpha value is -1.36. The number of carbonyl (C=O) groups is 1. The Kier molecular flexibility index (Phi) is 2.89. The van der Waals surface area contributed by atoms with Gasteiger partial charge in [-0.25, -0.2) is 0 Å². The average molecular weight is 289 g/mol. The van der Waals surface area contributed by atoms with E-state index in [4.69, 9.17) is 4.74 Å². The summed E-state index contributed by atoms with van der Waals surface area (Å²) in [7, 11) is 1.92. The van der Waals surface area contributed by atoms with Crippen molar-refractivity contribution in [1.82, 2.24) is 14.7 Å². The van der Waals surface area contributed by atoms with E-state index >= 15 is 0 Å². The first-order valence-electron chi connectivity index (χ1n) is 8.10. The topological polar surface area (TPSA) is 47.4 Å². The molecule has 2 heterocycles. The van der Waals surface area contributed by atoms with Crippen LogP contribution in [0.4, 0.5) is 0 Å². The van der Waals surface area contributed by atoms with E-state index in [9.17, 15) is 4.79 Å². The van der Waals surface area contributed by atoms with Crippen LogP contribution in [0.15, 0.2) is 0 Å². The first-order valence-corrected chi connectivity index (χ1v) is 8.10. The van der Waals surface area contributed by atoms with Crippen molar-refractivity contribution in [1.29, 1.82) is 0 Å². The molecule has 1 aliphatic heterocycles. The molecule has 2 atom stereocenters. The molecular formula is C16H23N3O2. The minimum atomic E-state index is 0.0121. The molecule has 0 aromatic carbocycles. The number of hydrogen-bond donors (Lipinski definition) is 0. The van der Waals surface area contributed by atoms with Gasteiger partial charge >= 0.3 is 0 Å². The molecule has 1 amide bonds. The maximum absolute atomic E-state index is 13.0. The number of amides is 1. The predicted molar refractivity (Wildman–Crippen MR) is 78.1 cm³/mol. The van der Waals surface area contributed by atoms with Gasteiger partial charge in [-0.15, -0.1) is 0 Å². The standard InChI is InChI=1S/C16H23N3O2/c1-9-8-13-14(17-18(3)15(13)10(2)21-9)16(20)19(11-4-5-11)12-6-7-12/h9-12H,4-8H2,1-3H3/t9-,10+/m1/s1. The third kappa shape index (κ3) is 2.18. The van der Waals surface area contributed by atoms with Crippen molar-refractivity contribution < 1.29 is 9.53 Å². The zero-order chi connectivity index (χ0) is 14.7. The van der Waals surface area contributed by atoms with Crippen LogP contribution in [0.3, 0.4) is 0 Å². The van der Waals surface area contributed by atoms with Gasteiger partial charge in [-0.05, 0) is 39.5 Å². The van der Waals surface area contributed by atoms with Gasteiger partial charge in [0.05, 0.1) is 17.9 Å². The van der Waals surface area contributed by atoms with E-state index in [2.05, 4.69) is 16.9 Å². The molecule has 5 heteroatoms. The van der Waals surface area contributed by atoms with Crippen molar-refractivity contribution in [3.05, 3.63) is 17.0 Å². The summed E-state index contributed by atoms with van der Waals surface area (Å²) < 4.78 is 7.73. The van der Waals surface area contributed by atoms with Crippen molar-refractivity contribution in [2.45, 2.75) is 70.2 Å². The molecule has 2 saturated carbocycles. The summed E-state index contributed by atoms with van der Waals surface area (Å²) in [6.07, 6.45) is 5.59. The molecule has 21 heavy (non-hydrogen) atoms. The summed E-state index contributed by atoms with van der Waals surface area (Å²) in [6, 6.07) is 0.940. The molecule has 3 aliphatic rings. The highest BCUT2D eigenvalue weighted by atomic mass is 16.5. The molecule has 114 valence electrons. The van der Waals surface area contributed by atoms with Crippen molar-refractivity contribution >= 4 is 5.91 Å². The number of nitrogens with zero attached hydrogens (tertiary/aromatic N) is 3. The van der Waals surface area contributed by atoms with Crippen LogP contribution >= 0.6 is 0 Å². The SMILES string of the molecule is C[C@@H]1Cc2c(C(=O)N(C3CC3)C3CC3)nn(C)c2[C@H](C)O1. The number of ether oxygens (including phenoxy) is 1. The Morgan fingerprint density at radius 2 is 1.86 bits per heavy atom. The molecular weight excluding hydrogens is 266 g/mol. The monoisotopic (exact) mass is 289 g/mol. The molecule has 0 N–H and O–H groups in total. The molecule has 2 aliphatic carbocycles.